The van der Waals surface area contributed by atoms with Gasteiger partial charge in [-0.25, -0.2) is 4.98 Å². The van der Waals surface area contributed by atoms with E-state index >= 15 is 0 Å². The average Bonchev–Trinajstić information content (AvgIpc) is 2.61. The van der Waals surface area contributed by atoms with Crippen molar-refractivity contribution >= 4 is 34.9 Å². The van der Waals surface area contributed by atoms with Crippen LogP contribution in [-0.4, -0.2) is 55.1 Å². The molecule has 0 radical (unpaired) electrons. The summed E-state index contributed by atoms with van der Waals surface area (Å²) in [5.74, 6) is 1.74. The number of carbonyl (C=O) groups excluding carboxylic acids is 1. The van der Waals surface area contributed by atoms with Gasteiger partial charge in [0, 0.05) is 38.8 Å². The van der Waals surface area contributed by atoms with Crippen LogP contribution in [0.3, 0.4) is 0 Å². The first-order valence-electron chi connectivity index (χ1n) is 8.68. The van der Waals surface area contributed by atoms with Crippen molar-refractivity contribution in [1.82, 2.24) is 15.2 Å². The van der Waals surface area contributed by atoms with Crippen molar-refractivity contribution in [3.8, 4) is 0 Å². The van der Waals surface area contributed by atoms with Crippen molar-refractivity contribution < 1.29 is 4.79 Å². The molecule has 0 bridgehead atoms. The lowest BCUT2D eigenvalue weighted by Crippen LogP contribution is -2.49. The lowest BCUT2D eigenvalue weighted by molar-refractivity contribution is -0.131. The molecule has 2 aliphatic heterocycles. The number of aromatic nitrogens is 1. The van der Waals surface area contributed by atoms with Gasteiger partial charge in [-0.15, -0.1) is 0 Å². The van der Waals surface area contributed by atoms with Crippen molar-refractivity contribution in [2.45, 2.75) is 25.7 Å². The Balaban J connectivity index is 1.46. The number of hydrogen-bond donors (Lipinski definition) is 1. The van der Waals surface area contributed by atoms with Gasteiger partial charge in [-0.3, -0.25) is 4.79 Å². The lowest BCUT2D eigenvalue weighted by Gasteiger charge is -2.36. The average molecular weight is 371 g/mol. The second-order valence-electron chi connectivity index (χ2n) is 6.56. The monoisotopic (exact) mass is 370 g/mol. The number of piperazine rings is 1. The van der Waals surface area contributed by atoms with Gasteiger partial charge < -0.3 is 15.1 Å². The van der Waals surface area contributed by atoms with Crippen LogP contribution in [0.4, 0.5) is 5.82 Å². The Kier molecular flexibility index (Phi) is 6.19. The van der Waals surface area contributed by atoms with Crippen LogP contribution < -0.4 is 10.2 Å². The van der Waals surface area contributed by atoms with Crippen LogP contribution >= 0.6 is 23.2 Å². The summed E-state index contributed by atoms with van der Waals surface area (Å²) in [6, 6.07) is 1.71. The summed E-state index contributed by atoms with van der Waals surface area (Å²) in [7, 11) is 0. The number of piperidine rings is 1. The normalized spacial score (nSPS) is 19.6. The molecule has 1 aromatic rings. The highest BCUT2D eigenvalue weighted by atomic mass is 35.5. The van der Waals surface area contributed by atoms with E-state index in [1.807, 2.05) is 4.90 Å². The molecule has 0 saturated carbocycles. The summed E-state index contributed by atoms with van der Waals surface area (Å²) >= 11 is 12.1. The molecule has 7 heteroatoms. The summed E-state index contributed by atoms with van der Waals surface area (Å²) in [6.45, 7) is 5.15. The largest absolute Gasteiger partial charge is 0.352 e. The van der Waals surface area contributed by atoms with Crippen LogP contribution in [0.25, 0.3) is 0 Å². The van der Waals surface area contributed by atoms with E-state index in [0.29, 0.717) is 22.4 Å². The third-order valence-electron chi connectivity index (χ3n) is 4.95. The molecule has 0 aliphatic carbocycles. The molecule has 0 spiro atoms. The quantitative estimate of drug-likeness (QED) is 0.884. The first-order valence-corrected chi connectivity index (χ1v) is 9.43. The number of anilines is 1. The standard InChI is InChI=1S/C17H24Cl2N4O/c18-14-11-15(19)17(21-12-14)23-9-7-22(8-10-23)16(24)2-1-13-3-5-20-6-4-13/h11-13,20H,1-10H2. The Hall–Kier alpha value is -1.04. The topological polar surface area (TPSA) is 48.5 Å². The first kappa shape index (κ1) is 17.8. The molecule has 2 saturated heterocycles. The highest BCUT2D eigenvalue weighted by molar-refractivity contribution is 6.36. The van der Waals surface area contributed by atoms with Gasteiger partial charge in [0.25, 0.3) is 0 Å². The summed E-state index contributed by atoms with van der Waals surface area (Å²) in [5, 5.41) is 4.47. The van der Waals surface area contributed by atoms with Gasteiger partial charge in [0.1, 0.15) is 5.82 Å². The maximum atomic E-state index is 12.4. The van der Waals surface area contributed by atoms with Gasteiger partial charge in [0.05, 0.1) is 10.0 Å². The fourth-order valence-electron chi connectivity index (χ4n) is 3.46. The molecule has 3 heterocycles. The molecular formula is C17H24Cl2N4O. The Morgan fingerprint density at radius 3 is 2.58 bits per heavy atom. The molecule has 3 rings (SSSR count). The van der Waals surface area contributed by atoms with Gasteiger partial charge in [0.2, 0.25) is 5.91 Å². The Labute approximate surface area is 153 Å². The summed E-state index contributed by atoms with van der Waals surface area (Å²) in [6.07, 6.45) is 5.69. The molecule has 0 aromatic carbocycles. The number of carbonyl (C=O) groups is 1. The lowest BCUT2D eigenvalue weighted by atomic mass is 9.93. The van der Waals surface area contributed by atoms with E-state index in [-0.39, 0.29) is 5.91 Å². The third-order valence-corrected chi connectivity index (χ3v) is 5.43. The molecule has 1 aromatic heterocycles. The second-order valence-corrected chi connectivity index (χ2v) is 7.40. The zero-order valence-electron chi connectivity index (χ0n) is 13.8. The molecule has 1 amide bonds. The minimum atomic E-state index is 0.281. The molecule has 132 valence electrons. The van der Waals surface area contributed by atoms with E-state index < -0.39 is 0 Å². The number of nitrogens with one attached hydrogen (secondary N) is 1. The molecule has 0 unspecified atom stereocenters. The van der Waals surface area contributed by atoms with Gasteiger partial charge in [0.15, 0.2) is 0 Å². The van der Waals surface area contributed by atoms with Crippen LogP contribution in [-0.2, 0) is 4.79 Å². The first-order chi connectivity index (χ1) is 11.6. The molecule has 24 heavy (non-hydrogen) atoms. The zero-order valence-corrected chi connectivity index (χ0v) is 15.3. The van der Waals surface area contributed by atoms with Crippen LogP contribution in [0.5, 0.6) is 0 Å². The van der Waals surface area contributed by atoms with E-state index in [4.69, 9.17) is 23.2 Å². The van der Waals surface area contributed by atoms with Crippen LogP contribution in [0, 0.1) is 5.92 Å². The number of hydrogen-bond acceptors (Lipinski definition) is 4. The van der Waals surface area contributed by atoms with E-state index in [2.05, 4.69) is 15.2 Å². The van der Waals surface area contributed by atoms with Gasteiger partial charge in [-0.05, 0) is 44.3 Å². The van der Waals surface area contributed by atoms with Gasteiger partial charge in [-0.2, -0.15) is 0 Å². The van der Waals surface area contributed by atoms with Crippen LogP contribution in [0.1, 0.15) is 25.7 Å². The van der Waals surface area contributed by atoms with Crippen molar-refractivity contribution in [2.75, 3.05) is 44.2 Å². The molecular weight excluding hydrogens is 347 g/mol. The van der Waals surface area contributed by atoms with E-state index in [1.54, 1.807) is 12.3 Å². The highest BCUT2D eigenvalue weighted by Crippen LogP contribution is 2.27. The third kappa shape index (κ3) is 4.52. The van der Waals surface area contributed by atoms with E-state index in [9.17, 15) is 4.79 Å². The minimum absolute atomic E-state index is 0.281. The summed E-state index contributed by atoms with van der Waals surface area (Å²) < 4.78 is 0. The van der Waals surface area contributed by atoms with Crippen molar-refractivity contribution in [3.05, 3.63) is 22.3 Å². The zero-order chi connectivity index (χ0) is 16.9. The summed E-state index contributed by atoms with van der Waals surface area (Å²) in [4.78, 5) is 20.8. The second kappa shape index (κ2) is 8.37. The number of rotatable bonds is 4. The number of amides is 1. The van der Waals surface area contributed by atoms with Crippen molar-refractivity contribution in [1.29, 1.82) is 0 Å². The fraction of sp³-hybridized carbons (Fsp3) is 0.647. The SMILES string of the molecule is O=C(CCC1CCNCC1)N1CCN(c2ncc(Cl)cc2Cl)CC1. The smallest absolute Gasteiger partial charge is 0.222 e. The Morgan fingerprint density at radius 2 is 1.92 bits per heavy atom. The minimum Gasteiger partial charge on any atom is -0.352 e. The van der Waals surface area contributed by atoms with Crippen LogP contribution in [0.15, 0.2) is 12.3 Å². The maximum Gasteiger partial charge on any atom is 0.222 e. The molecule has 0 atom stereocenters. The van der Waals surface area contributed by atoms with E-state index in [1.165, 1.54) is 12.8 Å². The molecule has 1 N–H and O–H groups in total. The predicted octanol–water partition coefficient (Wildman–Crippen LogP) is 2.82. The number of halogens is 2. The Bertz CT molecular complexity index is 570. The van der Waals surface area contributed by atoms with Crippen molar-refractivity contribution in [2.24, 2.45) is 5.92 Å². The van der Waals surface area contributed by atoms with E-state index in [0.717, 1.165) is 51.5 Å². The fourth-order valence-corrected chi connectivity index (χ4v) is 3.96. The number of nitrogens with zero attached hydrogens (tertiary/aromatic N) is 3. The van der Waals surface area contributed by atoms with Crippen molar-refractivity contribution in [3.63, 3.8) is 0 Å². The summed E-state index contributed by atoms with van der Waals surface area (Å²) in [5.41, 5.74) is 0. The highest BCUT2D eigenvalue weighted by Gasteiger charge is 2.24. The molecule has 2 aliphatic rings. The Morgan fingerprint density at radius 1 is 1.21 bits per heavy atom. The molecule has 5 nitrogen and oxygen atoms in total. The van der Waals surface area contributed by atoms with Gasteiger partial charge in [-0.1, -0.05) is 23.2 Å². The molecule has 2 fully saturated rings. The number of pyridine rings is 1. The maximum absolute atomic E-state index is 12.4. The van der Waals surface area contributed by atoms with Crippen LogP contribution in [0.2, 0.25) is 10.0 Å². The predicted molar refractivity (Wildman–Crippen MR) is 97.9 cm³/mol. The van der Waals surface area contributed by atoms with Gasteiger partial charge >= 0.3 is 0 Å².